The summed E-state index contributed by atoms with van der Waals surface area (Å²) < 4.78 is 53.6. The predicted octanol–water partition coefficient (Wildman–Crippen LogP) is 3.05. The van der Waals surface area contributed by atoms with Crippen LogP contribution in [0.4, 0.5) is 17.6 Å². The van der Waals surface area contributed by atoms with Crippen LogP contribution in [0.1, 0.15) is 15.9 Å². The smallest absolute Gasteiger partial charge is 0.406 e. The van der Waals surface area contributed by atoms with Crippen LogP contribution >= 0.6 is 0 Å². The van der Waals surface area contributed by atoms with Gasteiger partial charge in [0.25, 0.3) is 5.91 Å². The Labute approximate surface area is 122 Å². The third kappa shape index (κ3) is 4.44. The number of ether oxygens (including phenoxy) is 1. The number of pyridine rings is 1. The average molecular weight is 314 g/mol. The van der Waals surface area contributed by atoms with Crippen LogP contribution in [0.25, 0.3) is 0 Å². The molecule has 2 rings (SSSR count). The molecule has 0 aliphatic rings. The lowest BCUT2D eigenvalue weighted by molar-refractivity contribution is -0.274. The fourth-order valence-electron chi connectivity index (χ4n) is 1.66. The zero-order chi connectivity index (χ0) is 16.2. The van der Waals surface area contributed by atoms with Crippen molar-refractivity contribution >= 4 is 5.91 Å². The SMILES string of the molecule is O=C(NCc1cc(OC(F)(F)F)ccc1F)c1ccncc1. The summed E-state index contributed by atoms with van der Waals surface area (Å²) in [5.74, 6) is -1.80. The first-order chi connectivity index (χ1) is 10.3. The van der Waals surface area contributed by atoms with Gasteiger partial charge >= 0.3 is 6.36 Å². The summed E-state index contributed by atoms with van der Waals surface area (Å²) >= 11 is 0. The maximum absolute atomic E-state index is 13.6. The summed E-state index contributed by atoms with van der Waals surface area (Å²) in [6, 6.07) is 5.49. The van der Waals surface area contributed by atoms with Gasteiger partial charge in [0.05, 0.1) is 0 Å². The van der Waals surface area contributed by atoms with E-state index in [1.54, 1.807) is 0 Å². The molecule has 0 fully saturated rings. The van der Waals surface area contributed by atoms with Crippen molar-refractivity contribution in [3.05, 3.63) is 59.7 Å². The van der Waals surface area contributed by atoms with Crippen molar-refractivity contribution in [2.45, 2.75) is 12.9 Å². The van der Waals surface area contributed by atoms with E-state index in [0.717, 1.165) is 18.2 Å². The minimum Gasteiger partial charge on any atom is -0.406 e. The van der Waals surface area contributed by atoms with Crippen LogP contribution in [-0.4, -0.2) is 17.3 Å². The highest BCUT2D eigenvalue weighted by atomic mass is 19.4. The largest absolute Gasteiger partial charge is 0.573 e. The predicted molar refractivity (Wildman–Crippen MR) is 68.5 cm³/mol. The number of hydrogen-bond acceptors (Lipinski definition) is 3. The van der Waals surface area contributed by atoms with E-state index in [1.165, 1.54) is 24.5 Å². The van der Waals surface area contributed by atoms with Crippen LogP contribution in [0.5, 0.6) is 5.75 Å². The number of nitrogens with zero attached hydrogens (tertiary/aromatic N) is 1. The number of alkyl halides is 3. The number of amides is 1. The number of halogens is 4. The second kappa shape index (κ2) is 6.42. The Morgan fingerprint density at radius 2 is 1.86 bits per heavy atom. The second-order valence-corrected chi connectivity index (χ2v) is 4.22. The number of carbonyl (C=O) groups excluding carboxylic acids is 1. The van der Waals surface area contributed by atoms with Crippen molar-refractivity contribution in [1.82, 2.24) is 10.3 Å². The summed E-state index contributed by atoms with van der Waals surface area (Å²) in [7, 11) is 0. The Morgan fingerprint density at radius 3 is 2.50 bits per heavy atom. The van der Waals surface area contributed by atoms with Gasteiger partial charge in [-0.3, -0.25) is 9.78 Å². The van der Waals surface area contributed by atoms with Crippen LogP contribution in [-0.2, 0) is 6.54 Å². The fourth-order valence-corrected chi connectivity index (χ4v) is 1.66. The molecule has 0 bridgehead atoms. The van der Waals surface area contributed by atoms with E-state index in [0.29, 0.717) is 5.56 Å². The molecule has 8 heteroatoms. The van der Waals surface area contributed by atoms with Gasteiger partial charge in [0.15, 0.2) is 0 Å². The Morgan fingerprint density at radius 1 is 1.18 bits per heavy atom. The van der Waals surface area contributed by atoms with Crippen LogP contribution in [0, 0.1) is 5.82 Å². The number of hydrogen-bond donors (Lipinski definition) is 1. The summed E-state index contributed by atoms with van der Waals surface area (Å²) in [5, 5.41) is 2.40. The van der Waals surface area contributed by atoms with Gasteiger partial charge in [0.1, 0.15) is 11.6 Å². The van der Waals surface area contributed by atoms with Crippen LogP contribution in [0.15, 0.2) is 42.7 Å². The molecule has 4 nitrogen and oxygen atoms in total. The molecule has 1 N–H and O–H groups in total. The highest BCUT2D eigenvalue weighted by Gasteiger charge is 2.31. The molecule has 0 saturated heterocycles. The second-order valence-electron chi connectivity index (χ2n) is 4.22. The van der Waals surface area contributed by atoms with Crippen molar-refractivity contribution < 1.29 is 27.1 Å². The molecule has 22 heavy (non-hydrogen) atoms. The van der Waals surface area contributed by atoms with E-state index in [1.807, 2.05) is 0 Å². The van der Waals surface area contributed by atoms with Crippen molar-refractivity contribution in [1.29, 1.82) is 0 Å². The Hall–Kier alpha value is -2.64. The molecule has 0 saturated carbocycles. The molecule has 0 spiro atoms. The summed E-state index contributed by atoms with van der Waals surface area (Å²) in [6.45, 7) is -0.276. The number of rotatable bonds is 4. The standard InChI is InChI=1S/C14H10F4N2O2/c15-12-2-1-11(22-14(16,17)18)7-10(12)8-20-13(21)9-3-5-19-6-4-9/h1-7H,8H2,(H,20,21). The minimum absolute atomic E-state index is 0.121. The highest BCUT2D eigenvalue weighted by molar-refractivity contribution is 5.93. The Balaban J connectivity index is 2.06. The molecule has 1 amide bonds. The molecule has 1 heterocycles. The van der Waals surface area contributed by atoms with E-state index in [9.17, 15) is 22.4 Å². The van der Waals surface area contributed by atoms with Crippen molar-refractivity contribution in [2.75, 3.05) is 0 Å². The first kappa shape index (κ1) is 15.7. The van der Waals surface area contributed by atoms with Crippen LogP contribution in [0.3, 0.4) is 0 Å². The van der Waals surface area contributed by atoms with E-state index >= 15 is 0 Å². The number of aromatic nitrogens is 1. The highest BCUT2D eigenvalue weighted by Crippen LogP contribution is 2.24. The van der Waals surface area contributed by atoms with E-state index in [4.69, 9.17) is 0 Å². The minimum atomic E-state index is -4.87. The normalized spacial score (nSPS) is 11.1. The Kier molecular flexibility index (Phi) is 4.59. The monoisotopic (exact) mass is 314 g/mol. The van der Waals surface area contributed by atoms with Crippen LogP contribution in [0.2, 0.25) is 0 Å². The van der Waals surface area contributed by atoms with Gasteiger partial charge in [-0.05, 0) is 30.3 Å². The van der Waals surface area contributed by atoms with Gasteiger partial charge in [-0.15, -0.1) is 13.2 Å². The van der Waals surface area contributed by atoms with Gasteiger partial charge < -0.3 is 10.1 Å². The lowest BCUT2D eigenvalue weighted by Crippen LogP contribution is -2.23. The van der Waals surface area contributed by atoms with Gasteiger partial charge in [0, 0.05) is 30.1 Å². The molecular weight excluding hydrogens is 304 g/mol. The molecule has 0 aliphatic carbocycles. The van der Waals surface area contributed by atoms with Crippen molar-refractivity contribution in [3.8, 4) is 5.75 Å². The van der Waals surface area contributed by atoms with E-state index in [-0.39, 0.29) is 12.1 Å². The average Bonchev–Trinajstić information content (AvgIpc) is 2.47. The zero-order valence-electron chi connectivity index (χ0n) is 11.0. The number of carbonyl (C=O) groups is 1. The van der Waals surface area contributed by atoms with Gasteiger partial charge in [-0.2, -0.15) is 0 Å². The first-order valence-electron chi connectivity index (χ1n) is 6.07. The van der Waals surface area contributed by atoms with Gasteiger partial charge in [0.2, 0.25) is 0 Å². The van der Waals surface area contributed by atoms with E-state index in [2.05, 4.69) is 15.0 Å². The Bertz CT molecular complexity index is 660. The lowest BCUT2D eigenvalue weighted by atomic mass is 10.2. The molecule has 116 valence electrons. The molecule has 0 aliphatic heterocycles. The summed E-state index contributed by atoms with van der Waals surface area (Å²) in [5.41, 5.74) is 0.183. The van der Waals surface area contributed by atoms with Gasteiger partial charge in [-0.1, -0.05) is 0 Å². The first-order valence-corrected chi connectivity index (χ1v) is 6.07. The molecule has 1 aromatic heterocycles. The maximum Gasteiger partial charge on any atom is 0.573 e. The lowest BCUT2D eigenvalue weighted by Gasteiger charge is -2.11. The topological polar surface area (TPSA) is 51.2 Å². The zero-order valence-corrected chi connectivity index (χ0v) is 11.0. The third-order valence-corrected chi connectivity index (χ3v) is 2.63. The number of benzene rings is 1. The molecule has 0 unspecified atom stereocenters. The van der Waals surface area contributed by atoms with Crippen molar-refractivity contribution in [3.63, 3.8) is 0 Å². The molecule has 2 aromatic rings. The maximum atomic E-state index is 13.6. The number of nitrogens with one attached hydrogen (secondary N) is 1. The quantitative estimate of drug-likeness (QED) is 0.883. The summed E-state index contributed by atoms with van der Waals surface area (Å²) in [6.07, 6.45) is -2.05. The van der Waals surface area contributed by atoms with E-state index < -0.39 is 23.8 Å². The van der Waals surface area contributed by atoms with Crippen molar-refractivity contribution in [2.24, 2.45) is 0 Å². The third-order valence-electron chi connectivity index (χ3n) is 2.63. The molecule has 1 aromatic carbocycles. The van der Waals surface area contributed by atoms with Gasteiger partial charge in [-0.25, -0.2) is 4.39 Å². The molecule has 0 atom stereocenters. The molecular formula is C14H10F4N2O2. The fraction of sp³-hybridized carbons (Fsp3) is 0.143. The van der Waals surface area contributed by atoms with Crippen LogP contribution < -0.4 is 10.1 Å². The summed E-state index contributed by atoms with van der Waals surface area (Å²) in [4.78, 5) is 15.5. The molecule has 0 radical (unpaired) electrons.